The molecule has 0 N–H and O–H groups in total. The molecule has 0 saturated heterocycles. The molecule has 0 bridgehead atoms. The average molecular weight is 403 g/mol. The molecular formula is C23H18N2OS2. The molecule has 0 aliphatic carbocycles. The van der Waals surface area contributed by atoms with E-state index in [1.165, 1.54) is 15.3 Å². The molecule has 1 amide bonds. The van der Waals surface area contributed by atoms with Crippen LogP contribution in [0.4, 0.5) is 5.69 Å². The highest BCUT2D eigenvalue weighted by atomic mass is 32.1. The summed E-state index contributed by atoms with van der Waals surface area (Å²) in [7, 11) is 0. The van der Waals surface area contributed by atoms with Crippen LogP contribution in [0, 0.1) is 0 Å². The lowest BCUT2D eigenvalue weighted by atomic mass is 9.99. The third-order valence-electron chi connectivity index (χ3n) is 5.85. The van der Waals surface area contributed by atoms with Gasteiger partial charge < -0.3 is 0 Å². The molecule has 4 heterocycles. The molecule has 5 heteroatoms. The zero-order chi connectivity index (χ0) is 18.7. The summed E-state index contributed by atoms with van der Waals surface area (Å²) in [5.74, 6) is 0.118. The predicted octanol–water partition coefficient (Wildman–Crippen LogP) is 5.53. The van der Waals surface area contributed by atoms with Crippen molar-refractivity contribution >= 4 is 45.0 Å². The number of hydrogen-bond acceptors (Lipinski definition) is 4. The van der Waals surface area contributed by atoms with Gasteiger partial charge in [0, 0.05) is 27.2 Å². The summed E-state index contributed by atoms with van der Waals surface area (Å²) in [6, 6.07) is 19.1. The number of carbonyl (C=O) groups excluding carboxylic acids is 1. The molecule has 2 aromatic carbocycles. The molecule has 6 rings (SSSR count). The number of fused-ring (bicyclic) bond motifs is 1. The van der Waals surface area contributed by atoms with Crippen molar-refractivity contribution in [2.75, 3.05) is 18.1 Å². The number of rotatable bonds is 3. The van der Waals surface area contributed by atoms with Crippen molar-refractivity contribution in [1.82, 2.24) is 4.90 Å². The fraction of sp³-hybridized carbons (Fsp3) is 0.174. The van der Waals surface area contributed by atoms with E-state index >= 15 is 0 Å². The van der Waals surface area contributed by atoms with Crippen molar-refractivity contribution < 1.29 is 4.79 Å². The van der Waals surface area contributed by atoms with Crippen LogP contribution in [0.5, 0.6) is 0 Å². The monoisotopic (exact) mass is 402 g/mol. The number of carbonyl (C=O) groups is 1. The molecule has 4 aromatic rings. The molecule has 2 aliphatic rings. The summed E-state index contributed by atoms with van der Waals surface area (Å²) in [4.78, 5) is 20.5. The van der Waals surface area contributed by atoms with Crippen LogP contribution in [-0.4, -0.2) is 24.0 Å². The van der Waals surface area contributed by atoms with E-state index in [1.54, 1.807) is 11.3 Å². The van der Waals surface area contributed by atoms with Gasteiger partial charge in [0.1, 0.15) is 0 Å². The van der Waals surface area contributed by atoms with Gasteiger partial charge in [-0.25, -0.2) is 0 Å². The third kappa shape index (κ3) is 2.33. The summed E-state index contributed by atoms with van der Waals surface area (Å²) in [5, 5.41) is 6.58. The fourth-order valence-electron chi connectivity index (χ4n) is 4.60. The summed E-state index contributed by atoms with van der Waals surface area (Å²) < 4.78 is 0. The third-order valence-corrected chi connectivity index (χ3v) is 7.77. The van der Waals surface area contributed by atoms with Gasteiger partial charge in [-0.3, -0.25) is 14.6 Å². The van der Waals surface area contributed by atoms with Crippen LogP contribution in [0.25, 0.3) is 10.8 Å². The van der Waals surface area contributed by atoms with Crippen LogP contribution in [0.2, 0.25) is 0 Å². The van der Waals surface area contributed by atoms with Gasteiger partial charge in [0.25, 0.3) is 5.91 Å². The molecule has 1 atom stereocenters. The molecule has 28 heavy (non-hydrogen) atoms. The van der Waals surface area contributed by atoms with E-state index in [0.717, 1.165) is 35.0 Å². The molecular weight excluding hydrogens is 384 g/mol. The summed E-state index contributed by atoms with van der Waals surface area (Å²) in [5.41, 5.74) is 3.27. The molecule has 0 radical (unpaired) electrons. The first kappa shape index (κ1) is 16.5. The van der Waals surface area contributed by atoms with Crippen molar-refractivity contribution in [3.8, 4) is 0 Å². The maximum absolute atomic E-state index is 13.2. The lowest BCUT2D eigenvalue weighted by Crippen LogP contribution is -2.44. The van der Waals surface area contributed by atoms with Crippen LogP contribution in [0.1, 0.15) is 31.7 Å². The summed E-state index contributed by atoms with van der Waals surface area (Å²) in [6.07, 6.45) is 1.05. The van der Waals surface area contributed by atoms with E-state index in [0.29, 0.717) is 6.67 Å². The summed E-state index contributed by atoms with van der Waals surface area (Å²) >= 11 is 3.65. The second kappa shape index (κ2) is 6.27. The quantitative estimate of drug-likeness (QED) is 0.450. The van der Waals surface area contributed by atoms with Crippen LogP contribution < -0.4 is 4.90 Å². The van der Waals surface area contributed by atoms with Crippen molar-refractivity contribution in [2.24, 2.45) is 0 Å². The molecule has 0 unspecified atom stereocenters. The van der Waals surface area contributed by atoms with Crippen molar-refractivity contribution in [1.29, 1.82) is 0 Å². The Labute approximate surface area is 171 Å². The maximum atomic E-state index is 13.2. The van der Waals surface area contributed by atoms with E-state index < -0.39 is 0 Å². The number of thiophene rings is 2. The minimum atomic E-state index is 0.118. The zero-order valence-corrected chi connectivity index (χ0v) is 16.8. The number of amides is 1. The minimum Gasteiger partial charge on any atom is -0.294 e. The number of benzene rings is 2. The van der Waals surface area contributed by atoms with Gasteiger partial charge in [-0.05, 0) is 52.4 Å². The largest absolute Gasteiger partial charge is 0.294 e. The molecule has 0 spiro atoms. The van der Waals surface area contributed by atoms with E-state index in [2.05, 4.69) is 58.1 Å². The SMILES string of the molecule is O=C1c2cccc3cccc(c23)N1CN1CCc2sccc2[C@@H]1c1cccs1. The topological polar surface area (TPSA) is 23.6 Å². The van der Waals surface area contributed by atoms with E-state index in [1.807, 2.05) is 28.4 Å². The lowest BCUT2D eigenvalue weighted by molar-refractivity contribution is 0.0965. The van der Waals surface area contributed by atoms with Gasteiger partial charge in [-0.1, -0.05) is 30.3 Å². The highest BCUT2D eigenvalue weighted by molar-refractivity contribution is 7.10. The van der Waals surface area contributed by atoms with Crippen LogP contribution in [0.15, 0.2) is 65.4 Å². The number of nitrogens with zero attached hydrogens (tertiary/aromatic N) is 2. The van der Waals surface area contributed by atoms with Gasteiger partial charge >= 0.3 is 0 Å². The Bertz CT molecular complexity index is 1190. The number of hydrogen-bond donors (Lipinski definition) is 0. The molecule has 2 aliphatic heterocycles. The van der Waals surface area contributed by atoms with Gasteiger partial charge in [-0.15, -0.1) is 22.7 Å². The minimum absolute atomic E-state index is 0.118. The zero-order valence-electron chi connectivity index (χ0n) is 15.2. The van der Waals surface area contributed by atoms with Crippen LogP contribution in [-0.2, 0) is 6.42 Å². The molecule has 138 valence electrons. The Morgan fingerprint density at radius 2 is 1.86 bits per heavy atom. The maximum Gasteiger partial charge on any atom is 0.260 e. The Kier molecular flexibility index (Phi) is 3.69. The summed E-state index contributed by atoms with van der Waals surface area (Å²) in [6.45, 7) is 1.58. The van der Waals surface area contributed by atoms with Gasteiger partial charge in [0.2, 0.25) is 0 Å². The van der Waals surface area contributed by atoms with Crippen LogP contribution in [0.3, 0.4) is 0 Å². The predicted molar refractivity (Wildman–Crippen MR) is 117 cm³/mol. The van der Waals surface area contributed by atoms with Gasteiger partial charge in [0.05, 0.1) is 18.4 Å². The lowest BCUT2D eigenvalue weighted by Gasteiger charge is -2.38. The fourth-order valence-corrected chi connectivity index (χ4v) is 6.38. The first-order valence-corrected chi connectivity index (χ1v) is 11.2. The first-order valence-electron chi connectivity index (χ1n) is 9.48. The second-order valence-corrected chi connectivity index (χ2v) is 9.31. The Morgan fingerprint density at radius 1 is 0.964 bits per heavy atom. The van der Waals surface area contributed by atoms with Crippen LogP contribution >= 0.6 is 22.7 Å². The van der Waals surface area contributed by atoms with E-state index in [4.69, 9.17) is 0 Å². The van der Waals surface area contributed by atoms with E-state index in [-0.39, 0.29) is 11.9 Å². The average Bonchev–Trinajstić information content (AvgIpc) is 3.46. The Morgan fingerprint density at radius 3 is 2.71 bits per heavy atom. The van der Waals surface area contributed by atoms with Crippen molar-refractivity contribution in [3.63, 3.8) is 0 Å². The smallest absolute Gasteiger partial charge is 0.260 e. The highest BCUT2D eigenvalue weighted by Crippen LogP contribution is 2.42. The van der Waals surface area contributed by atoms with Crippen molar-refractivity contribution in [2.45, 2.75) is 12.5 Å². The van der Waals surface area contributed by atoms with Gasteiger partial charge in [-0.2, -0.15) is 0 Å². The molecule has 0 saturated carbocycles. The highest BCUT2D eigenvalue weighted by Gasteiger charge is 2.36. The first-order chi connectivity index (χ1) is 13.8. The Balaban J connectivity index is 1.42. The normalized spacial score (nSPS) is 18.8. The van der Waals surface area contributed by atoms with Crippen molar-refractivity contribution in [3.05, 3.63) is 86.2 Å². The standard InChI is InChI=1S/C23H18N2OS2/c26-23-17-6-1-4-15-5-2-7-18(21(15)17)25(23)14-24-11-9-19-16(10-13-28-19)22(24)20-8-3-12-27-20/h1-8,10,12-13,22H,9,11,14H2/t22-/m1/s1. The molecule has 0 fully saturated rings. The molecule has 2 aromatic heterocycles. The van der Waals surface area contributed by atoms with E-state index in [9.17, 15) is 4.79 Å². The molecule has 3 nitrogen and oxygen atoms in total. The second-order valence-electron chi connectivity index (χ2n) is 7.33. The Hall–Kier alpha value is -2.47. The number of anilines is 1. The van der Waals surface area contributed by atoms with Gasteiger partial charge in [0.15, 0.2) is 0 Å².